The third kappa shape index (κ3) is 8.02. The summed E-state index contributed by atoms with van der Waals surface area (Å²) in [6.45, 7) is 1.41. The van der Waals surface area contributed by atoms with Crippen LogP contribution in [0.15, 0.2) is 126 Å². The molecule has 0 amide bonds. The van der Waals surface area contributed by atoms with Gasteiger partial charge in [0.05, 0.1) is 26.4 Å². The lowest BCUT2D eigenvalue weighted by molar-refractivity contribution is -0.240. The summed E-state index contributed by atoms with van der Waals surface area (Å²) < 4.78 is 25.4. The Morgan fingerprint density at radius 1 is 0.590 bits per heavy atom. The monoisotopic (exact) mass is 542 g/mol. The number of rotatable bonds is 12. The highest BCUT2D eigenvalue weighted by atomic mass is 32.2. The molecule has 4 aromatic carbocycles. The first-order valence-electron chi connectivity index (χ1n) is 13.2. The van der Waals surface area contributed by atoms with Gasteiger partial charge in [-0.15, -0.1) is 0 Å². The zero-order valence-corrected chi connectivity index (χ0v) is 22.6. The molecule has 4 aromatic rings. The van der Waals surface area contributed by atoms with E-state index in [-0.39, 0.29) is 6.61 Å². The summed E-state index contributed by atoms with van der Waals surface area (Å²) in [6.07, 6.45) is -2.64. The smallest absolute Gasteiger partial charge is 0.137 e. The Kier molecular flexibility index (Phi) is 10.2. The average Bonchev–Trinajstić information content (AvgIpc) is 2.99. The highest BCUT2D eigenvalue weighted by molar-refractivity contribution is 7.99. The molecule has 202 valence electrons. The topological polar surface area (TPSA) is 57.2 Å². The van der Waals surface area contributed by atoms with Crippen molar-refractivity contribution in [3.8, 4) is 0 Å². The second kappa shape index (κ2) is 14.4. The summed E-state index contributed by atoms with van der Waals surface area (Å²) in [5, 5.41) is 11.5. The van der Waals surface area contributed by atoms with E-state index in [4.69, 9.17) is 18.9 Å². The molecule has 0 radical (unpaired) electrons. The molecule has 39 heavy (non-hydrogen) atoms. The fraction of sp³-hybridized carbons (Fsp3) is 0.273. The van der Waals surface area contributed by atoms with Crippen LogP contribution in [0.5, 0.6) is 0 Å². The molecule has 5 rings (SSSR count). The van der Waals surface area contributed by atoms with Crippen LogP contribution in [0.1, 0.15) is 16.7 Å². The molecule has 5 atom stereocenters. The van der Waals surface area contributed by atoms with Crippen molar-refractivity contribution in [2.75, 3.05) is 6.61 Å². The van der Waals surface area contributed by atoms with E-state index in [1.54, 1.807) is 11.8 Å². The van der Waals surface area contributed by atoms with Crippen molar-refractivity contribution >= 4 is 11.8 Å². The van der Waals surface area contributed by atoms with Crippen LogP contribution in [-0.2, 0) is 38.8 Å². The third-order valence-electron chi connectivity index (χ3n) is 6.58. The lowest BCUT2D eigenvalue weighted by Gasteiger charge is -2.44. The van der Waals surface area contributed by atoms with Crippen molar-refractivity contribution in [1.82, 2.24) is 0 Å². The number of aliphatic hydroxyl groups excluding tert-OH is 1. The molecule has 1 saturated heterocycles. The zero-order valence-electron chi connectivity index (χ0n) is 21.8. The molecule has 1 heterocycles. The van der Waals surface area contributed by atoms with Crippen molar-refractivity contribution < 1.29 is 24.1 Å². The molecule has 1 aliphatic heterocycles. The van der Waals surface area contributed by atoms with E-state index in [9.17, 15) is 5.11 Å². The van der Waals surface area contributed by atoms with Gasteiger partial charge in [-0.2, -0.15) is 0 Å². The van der Waals surface area contributed by atoms with Crippen molar-refractivity contribution in [3.05, 3.63) is 138 Å². The molecule has 3 unspecified atom stereocenters. The maximum absolute atomic E-state index is 11.5. The molecule has 0 spiro atoms. The molecule has 0 aliphatic carbocycles. The Bertz CT molecular complexity index is 1230. The van der Waals surface area contributed by atoms with E-state index >= 15 is 0 Å². The van der Waals surface area contributed by atoms with Crippen molar-refractivity contribution in [2.24, 2.45) is 0 Å². The highest BCUT2D eigenvalue weighted by Crippen LogP contribution is 2.37. The number of benzene rings is 4. The Balaban J connectivity index is 1.36. The van der Waals surface area contributed by atoms with Crippen LogP contribution in [0.3, 0.4) is 0 Å². The Hall–Kier alpha value is -2.97. The lowest BCUT2D eigenvalue weighted by atomic mass is 9.99. The van der Waals surface area contributed by atoms with E-state index in [1.807, 2.05) is 121 Å². The molecule has 1 aliphatic rings. The van der Waals surface area contributed by atoms with Crippen LogP contribution in [0.25, 0.3) is 0 Å². The minimum absolute atomic E-state index is 0.235. The minimum atomic E-state index is -0.933. The Morgan fingerprint density at radius 2 is 1.05 bits per heavy atom. The first-order valence-corrected chi connectivity index (χ1v) is 14.1. The summed E-state index contributed by atoms with van der Waals surface area (Å²) in [7, 11) is 0. The van der Waals surface area contributed by atoms with Crippen LogP contribution < -0.4 is 0 Å². The maximum Gasteiger partial charge on any atom is 0.137 e. The van der Waals surface area contributed by atoms with Gasteiger partial charge in [-0.25, -0.2) is 0 Å². The van der Waals surface area contributed by atoms with Crippen molar-refractivity contribution in [1.29, 1.82) is 0 Å². The van der Waals surface area contributed by atoms with E-state index < -0.39 is 29.9 Å². The Morgan fingerprint density at radius 3 is 1.59 bits per heavy atom. The van der Waals surface area contributed by atoms with Crippen molar-refractivity contribution in [2.45, 2.75) is 54.6 Å². The maximum atomic E-state index is 11.5. The van der Waals surface area contributed by atoms with Crippen LogP contribution in [0.4, 0.5) is 0 Å². The summed E-state index contributed by atoms with van der Waals surface area (Å²) in [5.74, 6) is 0. The molecule has 5 nitrogen and oxygen atoms in total. The number of thioether (sulfide) groups is 1. The predicted octanol–water partition coefficient (Wildman–Crippen LogP) is 6.25. The second-order valence-corrected chi connectivity index (χ2v) is 10.7. The molecule has 0 aromatic heterocycles. The summed E-state index contributed by atoms with van der Waals surface area (Å²) in [4.78, 5) is 1.05. The normalized spacial score (nSPS) is 22.9. The fourth-order valence-corrected chi connectivity index (χ4v) is 5.67. The first-order chi connectivity index (χ1) is 19.3. The minimum Gasteiger partial charge on any atom is -0.387 e. The summed E-state index contributed by atoms with van der Waals surface area (Å²) in [5.41, 5.74) is 2.73. The molecule has 6 heteroatoms. The SMILES string of the molecule is O[C@@H]1C(COCc2ccccc2)O[C@@H](Sc2ccccc2)C(OCc2ccccc2)C1OCc1ccccc1. The van der Waals surface area contributed by atoms with E-state index in [2.05, 4.69) is 0 Å². The van der Waals surface area contributed by atoms with Gasteiger partial charge in [0.15, 0.2) is 0 Å². The number of hydrogen-bond acceptors (Lipinski definition) is 6. The molecule has 1 N–H and O–H groups in total. The van der Waals surface area contributed by atoms with Crippen molar-refractivity contribution in [3.63, 3.8) is 0 Å². The van der Waals surface area contributed by atoms with Crippen LogP contribution in [0, 0.1) is 0 Å². The van der Waals surface area contributed by atoms with Gasteiger partial charge in [0.1, 0.15) is 29.9 Å². The zero-order chi connectivity index (χ0) is 26.7. The number of hydrogen-bond donors (Lipinski definition) is 1. The van der Waals surface area contributed by atoms with E-state index in [0.29, 0.717) is 19.8 Å². The highest BCUT2D eigenvalue weighted by Gasteiger charge is 2.47. The van der Waals surface area contributed by atoms with Gasteiger partial charge >= 0.3 is 0 Å². The average molecular weight is 543 g/mol. The van der Waals surface area contributed by atoms with Gasteiger partial charge in [-0.05, 0) is 28.8 Å². The summed E-state index contributed by atoms with van der Waals surface area (Å²) in [6, 6.07) is 40.1. The third-order valence-corrected chi connectivity index (χ3v) is 7.73. The van der Waals surface area contributed by atoms with Gasteiger partial charge in [-0.1, -0.05) is 121 Å². The van der Waals surface area contributed by atoms with Gasteiger partial charge < -0.3 is 24.1 Å². The fourth-order valence-electron chi connectivity index (χ4n) is 4.52. The lowest BCUT2D eigenvalue weighted by Crippen LogP contribution is -2.59. The van der Waals surface area contributed by atoms with Crippen LogP contribution >= 0.6 is 11.8 Å². The molecule has 1 fully saturated rings. The number of aliphatic hydroxyl groups is 1. The van der Waals surface area contributed by atoms with E-state index in [1.165, 1.54) is 0 Å². The van der Waals surface area contributed by atoms with Gasteiger partial charge in [0, 0.05) is 4.90 Å². The Labute approximate surface area is 234 Å². The largest absolute Gasteiger partial charge is 0.387 e. The molecular formula is C33H34O5S. The van der Waals surface area contributed by atoms with Crippen LogP contribution in [0.2, 0.25) is 0 Å². The van der Waals surface area contributed by atoms with Gasteiger partial charge in [0.25, 0.3) is 0 Å². The van der Waals surface area contributed by atoms with E-state index in [0.717, 1.165) is 21.6 Å². The first kappa shape index (κ1) is 27.6. The standard InChI is InChI=1S/C33H34O5S/c34-30-29(24-35-21-25-13-5-1-6-14-25)38-33(39-28-19-11-4-12-20-28)32(37-23-27-17-9-3-10-18-27)31(30)36-22-26-15-7-2-8-16-26/h1-20,29-34H,21-24H2/t29?,30-,31?,32?,33+/m1/s1. The molecule has 0 bridgehead atoms. The van der Waals surface area contributed by atoms with Crippen LogP contribution in [-0.4, -0.2) is 41.6 Å². The summed E-state index contributed by atoms with van der Waals surface area (Å²) >= 11 is 1.57. The molecule has 0 saturated carbocycles. The second-order valence-electron chi connectivity index (χ2n) is 9.49. The molecular weight excluding hydrogens is 508 g/mol. The van der Waals surface area contributed by atoms with Gasteiger partial charge in [-0.3, -0.25) is 0 Å². The number of ether oxygens (including phenoxy) is 4. The predicted molar refractivity (Wildman–Crippen MR) is 153 cm³/mol. The van der Waals surface area contributed by atoms with Gasteiger partial charge in [0.2, 0.25) is 0 Å². The quantitative estimate of drug-likeness (QED) is 0.228.